The topological polar surface area (TPSA) is 121 Å². The van der Waals surface area contributed by atoms with E-state index in [1.54, 1.807) is 31.1 Å². The van der Waals surface area contributed by atoms with Crippen LogP contribution in [0.1, 0.15) is 43.5 Å². The number of aryl methyl sites for hydroxylation is 2. The number of phenols is 1. The van der Waals surface area contributed by atoms with Crippen LogP contribution in [0.15, 0.2) is 48.5 Å². The van der Waals surface area contributed by atoms with E-state index in [2.05, 4.69) is 17.6 Å². The van der Waals surface area contributed by atoms with Crippen LogP contribution in [-0.2, 0) is 17.6 Å². The van der Waals surface area contributed by atoms with Gasteiger partial charge in [-0.25, -0.2) is 13.8 Å². The standard InChI is InChI=1S/C40H44F2N6O3/c1-23-14-26(19-44)37(23)48-27(11-12-33(50)46(2)3)17-32-38(48)31-16-25(9-7-13-43)34(30-18-28(49)15-24-8-5-6-10-29(24)30)35(41)36(31)45-39(32)51-22-40(42)20-47(4)21-40/h5-6,8,10,15-18,23,26,37,49H,7,9,11-12,14,19-22,44H2,1-4H3/t23-,26+,37+/m0/s1. The summed E-state index contributed by atoms with van der Waals surface area (Å²) in [6, 6.07) is 16.7. The molecule has 2 fully saturated rings. The molecule has 2 aliphatic rings. The van der Waals surface area contributed by atoms with Crippen molar-refractivity contribution in [2.45, 2.75) is 50.7 Å². The molecule has 51 heavy (non-hydrogen) atoms. The fourth-order valence-electron chi connectivity index (χ4n) is 8.38. The Morgan fingerprint density at radius 1 is 1.16 bits per heavy atom. The number of likely N-dealkylation sites (tertiary alicyclic amines) is 1. The van der Waals surface area contributed by atoms with Crippen molar-refractivity contribution in [2.24, 2.45) is 17.6 Å². The highest BCUT2D eigenvalue weighted by Crippen LogP contribution is 2.49. The van der Waals surface area contributed by atoms with E-state index in [0.29, 0.717) is 40.4 Å². The summed E-state index contributed by atoms with van der Waals surface area (Å²) >= 11 is 0. The Hall–Kier alpha value is -4.79. The van der Waals surface area contributed by atoms with E-state index in [-0.39, 0.29) is 85.5 Å². The zero-order valence-electron chi connectivity index (χ0n) is 29.5. The summed E-state index contributed by atoms with van der Waals surface area (Å²) in [5, 5.41) is 23.0. The van der Waals surface area contributed by atoms with E-state index in [4.69, 9.17) is 15.5 Å². The third-order valence-corrected chi connectivity index (χ3v) is 10.8. The lowest BCUT2D eigenvalue weighted by Crippen LogP contribution is -2.60. The van der Waals surface area contributed by atoms with E-state index in [1.165, 1.54) is 0 Å². The van der Waals surface area contributed by atoms with E-state index in [9.17, 15) is 15.2 Å². The highest BCUT2D eigenvalue weighted by Gasteiger charge is 2.43. The van der Waals surface area contributed by atoms with Crippen molar-refractivity contribution in [3.63, 3.8) is 0 Å². The van der Waals surface area contributed by atoms with Crippen LogP contribution in [0, 0.1) is 29.0 Å². The van der Waals surface area contributed by atoms with Gasteiger partial charge >= 0.3 is 0 Å². The summed E-state index contributed by atoms with van der Waals surface area (Å²) in [7, 11) is 5.29. The second-order valence-corrected chi connectivity index (χ2v) is 14.8. The fourth-order valence-corrected chi connectivity index (χ4v) is 8.38. The highest BCUT2D eigenvalue weighted by atomic mass is 19.1. The molecule has 1 saturated carbocycles. The van der Waals surface area contributed by atoms with Gasteiger partial charge in [-0.15, -0.1) is 0 Å². The van der Waals surface area contributed by atoms with Gasteiger partial charge in [-0.3, -0.25) is 9.69 Å². The monoisotopic (exact) mass is 694 g/mol. The lowest BCUT2D eigenvalue weighted by Gasteiger charge is -2.45. The zero-order valence-corrected chi connectivity index (χ0v) is 29.5. The van der Waals surface area contributed by atoms with Gasteiger partial charge < -0.3 is 25.0 Å². The predicted molar refractivity (Wildman–Crippen MR) is 195 cm³/mol. The zero-order chi connectivity index (χ0) is 36.2. The van der Waals surface area contributed by atoms with Crippen molar-refractivity contribution in [1.82, 2.24) is 19.4 Å². The van der Waals surface area contributed by atoms with Gasteiger partial charge in [0.05, 0.1) is 17.0 Å². The normalized spacial score (nSPS) is 19.9. The number of aromatic hydroxyl groups is 1. The average molecular weight is 695 g/mol. The summed E-state index contributed by atoms with van der Waals surface area (Å²) in [4.78, 5) is 21.1. The summed E-state index contributed by atoms with van der Waals surface area (Å²) in [5.74, 6) is -0.120. The second kappa shape index (κ2) is 13.4. The molecule has 11 heteroatoms. The molecular formula is C40H44F2N6O3. The summed E-state index contributed by atoms with van der Waals surface area (Å²) in [6.45, 7) is 2.81. The number of hydrogen-bond donors (Lipinski definition) is 2. The first-order chi connectivity index (χ1) is 24.4. The third-order valence-electron chi connectivity index (χ3n) is 10.8. The molecule has 266 valence electrons. The van der Waals surface area contributed by atoms with Crippen LogP contribution >= 0.6 is 0 Å². The van der Waals surface area contributed by atoms with Crippen LogP contribution in [0.4, 0.5) is 8.78 Å². The lowest BCUT2D eigenvalue weighted by atomic mass is 9.70. The summed E-state index contributed by atoms with van der Waals surface area (Å²) in [5.41, 5.74) is 7.67. The largest absolute Gasteiger partial charge is 0.508 e. The number of benzene rings is 3. The van der Waals surface area contributed by atoms with Crippen molar-refractivity contribution in [3.05, 3.63) is 65.6 Å². The number of nitrogens with zero attached hydrogens (tertiary/aromatic N) is 5. The number of fused-ring (bicyclic) bond motifs is 4. The lowest BCUT2D eigenvalue weighted by molar-refractivity contribution is -0.128. The third kappa shape index (κ3) is 6.14. The number of phenolic OH excluding ortho intramolecular Hbond substituents is 1. The smallest absolute Gasteiger partial charge is 0.223 e. The van der Waals surface area contributed by atoms with Crippen molar-refractivity contribution < 1.29 is 23.4 Å². The molecule has 0 unspecified atom stereocenters. The summed E-state index contributed by atoms with van der Waals surface area (Å²) < 4.78 is 41.6. The Bertz CT molecular complexity index is 2200. The number of aromatic nitrogens is 2. The van der Waals surface area contributed by atoms with Crippen molar-refractivity contribution in [1.29, 1.82) is 5.26 Å². The second-order valence-electron chi connectivity index (χ2n) is 14.8. The molecule has 7 rings (SSSR count). The number of carbonyl (C=O) groups excluding carboxylic acids is 1. The number of pyridine rings is 1. The molecule has 1 saturated heterocycles. The van der Waals surface area contributed by atoms with Crippen LogP contribution in [0.25, 0.3) is 43.7 Å². The van der Waals surface area contributed by atoms with E-state index < -0.39 is 11.5 Å². The average Bonchev–Trinajstić information content (AvgIpc) is 3.45. The highest BCUT2D eigenvalue weighted by molar-refractivity contribution is 6.10. The van der Waals surface area contributed by atoms with Gasteiger partial charge in [0.15, 0.2) is 11.5 Å². The maximum Gasteiger partial charge on any atom is 0.223 e. The van der Waals surface area contributed by atoms with Crippen LogP contribution in [0.5, 0.6) is 11.6 Å². The molecule has 3 heterocycles. The maximum atomic E-state index is 17.6. The number of alkyl halides is 1. The molecule has 3 aromatic carbocycles. The van der Waals surface area contributed by atoms with Gasteiger partial charge in [0, 0.05) is 62.7 Å². The molecule has 3 atom stereocenters. The Morgan fingerprint density at radius 3 is 2.61 bits per heavy atom. The van der Waals surface area contributed by atoms with Crippen LogP contribution in [-0.4, -0.2) is 83.4 Å². The number of carbonyl (C=O) groups is 1. The number of rotatable bonds is 11. The molecule has 3 N–H and O–H groups in total. The molecule has 2 aromatic heterocycles. The maximum absolute atomic E-state index is 17.6. The predicted octanol–water partition coefficient (Wildman–Crippen LogP) is 6.52. The van der Waals surface area contributed by atoms with Crippen LogP contribution in [0.3, 0.4) is 0 Å². The molecule has 0 spiro atoms. The minimum Gasteiger partial charge on any atom is -0.508 e. The fraction of sp³-hybridized carbons (Fsp3) is 0.425. The molecule has 9 nitrogen and oxygen atoms in total. The van der Waals surface area contributed by atoms with Gasteiger partial charge in [0.25, 0.3) is 0 Å². The molecule has 5 aromatic rings. The van der Waals surface area contributed by atoms with Gasteiger partial charge in [-0.2, -0.15) is 5.26 Å². The number of amides is 1. The van der Waals surface area contributed by atoms with Gasteiger partial charge in [-0.05, 0) is 90.9 Å². The molecule has 0 bridgehead atoms. The molecular weight excluding hydrogens is 650 g/mol. The van der Waals surface area contributed by atoms with Gasteiger partial charge in [0.1, 0.15) is 17.9 Å². The Labute approximate surface area is 296 Å². The van der Waals surface area contributed by atoms with Gasteiger partial charge in [0.2, 0.25) is 11.8 Å². The Kier molecular flexibility index (Phi) is 9.10. The Balaban J connectivity index is 1.54. The number of ether oxygens (including phenoxy) is 1. The van der Waals surface area contributed by atoms with E-state index in [0.717, 1.165) is 22.9 Å². The van der Waals surface area contributed by atoms with Crippen LogP contribution in [0.2, 0.25) is 0 Å². The first-order valence-corrected chi connectivity index (χ1v) is 17.6. The van der Waals surface area contributed by atoms with E-state index in [1.807, 2.05) is 48.3 Å². The quantitative estimate of drug-likeness (QED) is 0.162. The number of halogens is 2. The van der Waals surface area contributed by atoms with Gasteiger partial charge in [-0.1, -0.05) is 31.2 Å². The van der Waals surface area contributed by atoms with E-state index >= 15 is 8.78 Å². The number of nitriles is 1. The molecule has 0 radical (unpaired) electrons. The van der Waals surface area contributed by atoms with Crippen LogP contribution < -0.4 is 10.5 Å². The van der Waals surface area contributed by atoms with Crippen molar-refractivity contribution in [2.75, 3.05) is 47.4 Å². The molecule has 1 aliphatic heterocycles. The first-order valence-electron chi connectivity index (χ1n) is 17.6. The minimum absolute atomic E-state index is 0.0156. The minimum atomic E-state index is -1.57. The number of hydrogen-bond acceptors (Lipinski definition) is 7. The first kappa shape index (κ1) is 34.6. The number of nitrogens with two attached hydrogens (primary N) is 1. The summed E-state index contributed by atoms with van der Waals surface area (Å²) in [6.07, 6.45) is 2.01. The Morgan fingerprint density at radius 2 is 1.92 bits per heavy atom. The van der Waals surface area contributed by atoms with Crippen molar-refractivity contribution >= 4 is 38.5 Å². The molecule has 1 amide bonds. The molecule has 1 aliphatic carbocycles. The van der Waals surface area contributed by atoms with Crippen molar-refractivity contribution in [3.8, 4) is 28.8 Å². The SMILES string of the molecule is C[C@H]1C[C@H](CN)[C@@H]1n1c(CCC(=O)N(C)C)cc2c(OCC3(F)CN(C)C3)nc3c(F)c(-c4cc(O)cc5ccccc45)c(CCC#N)cc3c21.